The van der Waals surface area contributed by atoms with Gasteiger partial charge in [0.1, 0.15) is 5.82 Å². The molecular weight excluding hydrogens is 184 g/mol. The van der Waals surface area contributed by atoms with Crippen LogP contribution in [0.5, 0.6) is 0 Å². The molecule has 0 spiro atoms. The first kappa shape index (κ1) is 8.32. The van der Waals surface area contributed by atoms with E-state index < -0.39 is 0 Å². The van der Waals surface area contributed by atoms with Gasteiger partial charge in [0.2, 0.25) is 0 Å². The van der Waals surface area contributed by atoms with Gasteiger partial charge in [-0.25, -0.2) is 4.98 Å². The molecule has 0 aliphatic rings. The Morgan fingerprint density at radius 1 is 1.38 bits per heavy atom. The molecule has 1 aromatic carbocycles. The molecule has 0 unspecified atom stereocenters. The van der Waals surface area contributed by atoms with Gasteiger partial charge in [0.05, 0.1) is 11.0 Å². The van der Waals surface area contributed by atoms with E-state index in [9.17, 15) is 0 Å². The Bertz CT molecular complexity index is 457. The Morgan fingerprint density at radius 3 is 2.85 bits per heavy atom. The van der Waals surface area contributed by atoms with E-state index >= 15 is 0 Å². The van der Waals surface area contributed by atoms with Crippen molar-refractivity contribution in [2.45, 2.75) is 0 Å². The molecule has 0 amide bonds. The summed E-state index contributed by atoms with van der Waals surface area (Å²) in [5.41, 5.74) is 3.59. The minimum Gasteiger partial charge on any atom is -0.328 e. The zero-order valence-corrected chi connectivity index (χ0v) is 7.99. The van der Waals surface area contributed by atoms with E-state index in [2.05, 4.69) is 4.98 Å². The van der Waals surface area contributed by atoms with Crippen LogP contribution in [-0.4, -0.2) is 9.55 Å². The lowest BCUT2D eigenvalue weighted by Gasteiger charge is -1.94. The molecule has 0 N–H and O–H groups in total. The van der Waals surface area contributed by atoms with Crippen molar-refractivity contribution in [3.8, 4) is 0 Å². The minimum absolute atomic E-state index is 0.871. The van der Waals surface area contributed by atoms with Crippen molar-refractivity contribution in [1.29, 1.82) is 0 Å². The first-order chi connectivity index (χ1) is 6.33. The van der Waals surface area contributed by atoms with E-state index in [1.807, 2.05) is 35.9 Å². The van der Waals surface area contributed by atoms with Gasteiger partial charge >= 0.3 is 0 Å². The first-order valence-corrected chi connectivity index (χ1v) is 4.45. The average molecular weight is 193 g/mol. The number of aryl methyl sites for hydroxylation is 1. The number of rotatable bonds is 1. The Kier molecular flexibility index (Phi) is 2.07. The molecule has 0 fully saturated rings. The molecule has 1 aromatic heterocycles. The van der Waals surface area contributed by atoms with Crippen molar-refractivity contribution >= 4 is 28.7 Å². The van der Waals surface area contributed by atoms with Gasteiger partial charge in [0.15, 0.2) is 0 Å². The predicted octanol–water partition coefficient (Wildman–Crippen LogP) is 2.78. The third kappa shape index (κ3) is 1.33. The van der Waals surface area contributed by atoms with Crippen LogP contribution in [0.15, 0.2) is 29.8 Å². The molecule has 0 aliphatic carbocycles. The molecule has 2 nitrogen and oxygen atoms in total. The zero-order valence-electron chi connectivity index (χ0n) is 7.24. The molecule has 3 heteroatoms. The third-order valence-electron chi connectivity index (χ3n) is 2.03. The van der Waals surface area contributed by atoms with Crippen molar-refractivity contribution < 1.29 is 0 Å². The van der Waals surface area contributed by atoms with Crippen molar-refractivity contribution in [2.24, 2.45) is 7.05 Å². The van der Waals surface area contributed by atoms with Gasteiger partial charge in [-0.3, -0.25) is 0 Å². The van der Waals surface area contributed by atoms with Gasteiger partial charge in [0, 0.05) is 12.6 Å². The van der Waals surface area contributed by atoms with E-state index in [4.69, 9.17) is 11.6 Å². The van der Waals surface area contributed by atoms with E-state index in [1.165, 1.54) is 5.54 Å². The monoisotopic (exact) mass is 192 g/mol. The van der Waals surface area contributed by atoms with Gasteiger partial charge in [-0.05, 0) is 18.2 Å². The van der Waals surface area contributed by atoms with E-state index in [-0.39, 0.29) is 0 Å². The molecule has 0 saturated heterocycles. The average Bonchev–Trinajstić information content (AvgIpc) is 2.46. The maximum Gasteiger partial charge on any atom is 0.134 e. The molecule has 66 valence electrons. The molecule has 0 atom stereocenters. The summed E-state index contributed by atoms with van der Waals surface area (Å²) in [6.45, 7) is 0. The van der Waals surface area contributed by atoms with Crippen molar-refractivity contribution in [2.75, 3.05) is 0 Å². The molecule has 1 heterocycles. The van der Waals surface area contributed by atoms with Crippen molar-refractivity contribution in [1.82, 2.24) is 9.55 Å². The topological polar surface area (TPSA) is 17.8 Å². The number of aromatic nitrogens is 2. The molecular formula is C10H9ClN2. The third-order valence-corrected chi connectivity index (χ3v) is 2.16. The standard InChI is InChI=1S/C10H9ClN2/c1-13-9-5-3-2-4-8(9)12-10(13)6-7-11/h2-7H,1H3. The quantitative estimate of drug-likeness (QED) is 0.680. The van der Waals surface area contributed by atoms with Crippen LogP contribution in [-0.2, 0) is 7.05 Å². The summed E-state index contributed by atoms with van der Waals surface area (Å²) >= 11 is 5.50. The molecule has 0 aliphatic heterocycles. The molecule has 0 radical (unpaired) electrons. The van der Waals surface area contributed by atoms with Crippen LogP contribution >= 0.6 is 11.6 Å². The van der Waals surface area contributed by atoms with E-state index in [0.29, 0.717) is 0 Å². The second kappa shape index (κ2) is 3.23. The summed E-state index contributed by atoms with van der Waals surface area (Å²) in [4.78, 5) is 4.39. The van der Waals surface area contributed by atoms with Gasteiger partial charge in [-0.1, -0.05) is 23.7 Å². The fraction of sp³-hybridized carbons (Fsp3) is 0.100. The summed E-state index contributed by atoms with van der Waals surface area (Å²) in [5.74, 6) is 0.871. The fourth-order valence-corrected chi connectivity index (χ4v) is 1.48. The summed E-state index contributed by atoms with van der Waals surface area (Å²) < 4.78 is 2.01. The van der Waals surface area contributed by atoms with Crippen molar-refractivity contribution in [3.05, 3.63) is 35.6 Å². The van der Waals surface area contributed by atoms with Crippen LogP contribution in [0.25, 0.3) is 17.1 Å². The smallest absolute Gasteiger partial charge is 0.134 e. The lowest BCUT2D eigenvalue weighted by Crippen LogP contribution is -1.89. The van der Waals surface area contributed by atoms with Gasteiger partial charge in [0.25, 0.3) is 0 Å². The first-order valence-electron chi connectivity index (χ1n) is 4.01. The van der Waals surface area contributed by atoms with Gasteiger partial charge in [-0.2, -0.15) is 0 Å². The summed E-state index contributed by atoms with van der Waals surface area (Å²) in [6, 6.07) is 8.00. The number of benzene rings is 1. The molecule has 13 heavy (non-hydrogen) atoms. The maximum atomic E-state index is 5.50. The number of para-hydroxylation sites is 2. The van der Waals surface area contributed by atoms with E-state index in [1.54, 1.807) is 6.08 Å². The largest absolute Gasteiger partial charge is 0.328 e. The Labute approximate surface area is 81.5 Å². The Hall–Kier alpha value is -1.28. The number of nitrogens with zero attached hydrogens (tertiary/aromatic N) is 2. The SMILES string of the molecule is Cn1c(C=CCl)nc2ccccc21. The van der Waals surface area contributed by atoms with Crippen LogP contribution in [0, 0.1) is 0 Å². The molecule has 2 rings (SSSR count). The van der Waals surface area contributed by atoms with Crippen LogP contribution in [0.3, 0.4) is 0 Å². The summed E-state index contributed by atoms with van der Waals surface area (Å²) in [6.07, 6.45) is 1.78. The lowest BCUT2D eigenvalue weighted by molar-refractivity contribution is 0.930. The number of hydrogen-bond donors (Lipinski definition) is 0. The lowest BCUT2D eigenvalue weighted by atomic mass is 10.3. The van der Waals surface area contributed by atoms with Gasteiger partial charge < -0.3 is 4.57 Å². The number of halogens is 1. The van der Waals surface area contributed by atoms with Crippen LogP contribution in [0.4, 0.5) is 0 Å². The molecule has 0 bridgehead atoms. The Balaban J connectivity index is 2.73. The van der Waals surface area contributed by atoms with E-state index in [0.717, 1.165) is 16.9 Å². The highest BCUT2D eigenvalue weighted by Crippen LogP contribution is 2.14. The molecule has 0 saturated carbocycles. The highest BCUT2D eigenvalue weighted by molar-refractivity contribution is 6.27. The van der Waals surface area contributed by atoms with Crippen LogP contribution in [0.2, 0.25) is 0 Å². The predicted molar refractivity (Wildman–Crippen MR) is 55.6 cm³/mol. The second-order valence-electron chi connectivity index (χ2n) is 2.81. The summed E-state index contributed by atoms with van der Waals surface area (Å²) in [7, 11) is 1.97. The number of hydrogen-bond acceptors (Lipinski definition) is 1. The normalized spacial score (nSPS) is 11.5. The van der Waals surface area contributed by atoms with Crippen LogP contribution in [0.1, 0.15) is 5.82 Å². The maximum absolute atomic E-state index is 5.50. The number of fused-ring (bicyclic) bond motifs is 1. The minimum atomic E-state index is 0.871. The highest BCUT2D eigenvalue weighted by atomic mass is 35.5. The fourth-order valence-electron chi connectivity index (χ4n) is 1.37. The zero-order chi connectivity index (χ0) is 9.26. The highest BCUT2D eigenvalue weighted by Gasteiger charge is 2.02. The van der Waals surface area contributed by atoms with Crippen molar-refractivity contribution in [3.63, 3.8) is 0 Å². The molecule has 2 aromatic rings. The van der Waals surface area contributed by atoms with Crippen LogP contribution < -0.4 is 0 Å². The Morgan fingerprint density at radius 2 is 2.15 bits per heavy atom. The summed E-state index contributed by atoms with van der Waals surface area (Å²) in [5, 5.41) is 0. The second-order valence-corrected chi connectivity index (χ2v) is 3.06. The van der Waals surface area contributed by atoms with Gasteiger partial charge in [-0.15, -0.1) is 0 Å². The number of imidazole rings is 1.